The van der Waals surface area contributed by atoms with Gasteiger partial charge >= 0.3 is 0 Å². The fraction of sp³-hybridized carbons (Fsp3) is 0.409. The summed E-state index contributed by atoms with van der Waals surface area (Å²) in [6.07, 6.45) is 3.04. The Morgan fingerprint density at radius 2 is 1.85 bits per heavy atom. The van der Waals surface area contributed by atoms with Crippen LogP contribution >= 0.6 is 11.9 Å². The summed E-state index contributed by atoms with van der Waals surface area (Å²) in [7, 11) is 3.60. The van der Waals surface area contributed by atoms with Crippen molar-refractivity contribution in [3.8, 4) is 11.1 Å². The molecule has 1 atom stereocenters. The minimum atomic E-state index is 0.204. The number of aryl methyl sites for hydroxylation is 1. The lowest BCUT2D eigenvalue weighted by molar-refractivity contribution is -0.140. The smallest absolute Gasteiger partial charge is 0.238 e. The van der Waals surface area contributed by atoms with Crippen LogP contribution < -0.4 is 0 Å². The van der Waals surface area contributed by atoms with E-state index in [2.05, 4.69) is 55.5 Å². The molecule has 0 saturated carbocycles. The molecule has 1 saturated heterocycles. The number of carbonyl (C=O) groups excluding carboxylic acids is 1. The highest BCUT2D eigenvalue weighted by Crippen LogP contribution is 2.22. The lowest BCUT2D eigenvalue weighted by Gasteiger charge is -2.41. The number of ether oxygens (including phenoxy) is 1. The molecule has 3 rings (SSSR count). The van der Waals surface area contributed by atoms with Crippen LogP contribution in [0.2, 0.25) is 0 Å². The average Bonchev–Trinajstić information content (AvgIpc) is 2.66. The molecule has 5 heteroatoms. The average molecular weight is 387 g/mol. The first-order chi connectivity index (χ1) is 13.1. The van der Waals surface area contributed by atoms with Gasteiger partial charge in [-0.25, -0.2) is 4.31 Å². The maximum Gasteiger partial charge on any atom is 0.238 e. The number of likely N-dealkylation sites (tertiary alicyclic amines) is 1. The van der Waals surface area contributed by atoms with Crippen LogP contribution in [0.3, 0.4) is 0 Å². The van der Waals surface area contributed by atoms with Crippen molar-refractivity contribution in [2.45, 2.75) is 19.4 Å². The highest BCUT2D eigenvalue weighted by Gasteiger charge is 2.31. The second kappa shape index (κ2) is 11.1. The molecule has 1 amide bonds. The molecule has 1 unspecified atom stereocenters. The van der Waals surface area contributed by atoms with Crippen LogP contribution in [0, 0.1) is 6.92 Å². The van der Waals surface area contributed by atoms with E-state index in [0.717, 1.165) is 13.0 Å². The first kappa shape index (κ1) is 21.5. The normalized spacial score (nSPS) is 15.7. The second-order valence-corrected chi connectivity index (χ2v) is 7.62. The lowest BCUT2D eigenvalue weighted by atomic mass is 10.0. The maximum absolute atomic E-state index is 11.7. The summed E-state index contributed by atoms with van der Waals surface area (Å²) in [6.45, 7) is 4.17. The van der Waals surface area contributed by atoms with E-state index in [4.69, 9.17) is 4.74 Å². The fourth-order valence-corrected chi connectivity index (χ4v) is 3.23. The van der Waals surface area contributed by atoms with Gasteiger partial charge in [0.15, 0.2) is 0 Å². The van der Waals surface area contributed by atoms with E-state index in [-0.39, 0.29) is 5.91 Å². The Labute approximate surface area is 167 Å². The van der Waals surface area contributed by atoms with E-state index >= 15 is 0 Å². The van der Waals surface area contributed by atoms with Crippen LogP contribution in [0.5, 0.6) is 0 Å². The molecule has 0 aromatic heterocycles. The van der Waals surface area contributed by atoms with Gasteiger partial charge in [-0.3, -0.25) is 4.79 Å². The molecule has 1 fully saturated rings. The van der Waals surface area contributed by atoms with Crippen molar-refractivity contribution >= 4 is 17.9 Å². The highest BCUT2D eigenvalue weighted by molar-refractivity contribution is 7.96. The Hall–Kier alpha value is -1.82. The number of methoxy groups -OCH3 is 1. The van der Waals surface area contributed by atoms with Crippen LogP contribution in [0.15, 0.2) is 54.6 Å². The standard InChI is InChI=1S/C13H12.C9H18N2O2S/c1-11-7-5-6-10-13(11)12-8-3-2-4-9-12;1-10(14-3)6-9(12)11-5-4-8(11)7-13-2/h2-10H,1H3;8H,4-7H2,1-3H3. The molecule has 0 aliphatic carbocycles. The van der Waals surface area contributed by atoms with Gasteiger partial charge in [-0.1, -0.05) is 66.5 Å². The Morgan fingerprint density at radius 3 is 2.41 bits per heavy atom. The van der Waals surface area contributed by atoms with Crippen LogP contribution in [0.4, 0.5) is 0 Å². The summed E-state index contributed by atoms with van der Waals surface area (Å²) in [4.78, 5) is 13.6. The van der Waals surface area contributed by atoms with Gasteiger partial charge in [0.25, 0.3) is 0 Å². The number of carbonyl (C=O) groups is 1. The summed E-state index contributed by atoms with van der Waals surface area (Å²) < 4.78 is 6.98. The molecule has 1 aliphatic heterocycles. The molecule has 0 spiro atoms. The van der Waals surface area contributed by atoms with Crippen molar-refractivity contribution in [2.75, 3.05) is 40.1 Å². The second-order valence-electron chi connectivity index (χ2n) is 6.63. The van der Waals surface area contributed by atoms with E-state index < -0.39 is 0 Å². The van der Waals surface area contributed by atoms with Gasteiger partial charge in [-0.05, 0) is 43.3 Å². The molecule has 146 valence electrons. The quantitative estimate of drug-likeness (QED) is 0.700. The van der Waals surface area contributed by atoms with Gasteiger partial charge in [0.1, 0.15) is 0 Å². The number of nitrogens with zero attached hydrogens (tertiary/aromatic N) is 2. The fourth-order valence-electron chi connectivity index (χ4n) is 3.00. The number of amides is 1. The van der Waals surface area contributed by atoms with Gasteiger partial charge in [0.05, 0.1) is 19.2 Å². The Bertz CT molecular complexity index is 708. The SMILES string of the molecule is COCC1CCN1C(=O)CN(C)SC.Cc1ccccc1-c1ccccc1. The van der Waals surface area contributed by atoms with Crippen LogP contribution in [0.25, 0.3) is 11.1 Å². The Morgan fingerprint density at radius 1 is 1.19 bits per heavy atom. The van der Waals surface area contributed by atoms with Gasteiger partial charge in [-0.15, -0.1) is 0 Å². The van der Waals surface area contributed by atoms with E-state index in [0.29, 0.717) is 19.2 Å². The molecule has 0 bridgehead atoms. The Balaban J connectivity index is 0.000000194. The molecule has 2 aromatic rings. The largest absolute Gasteiger partial charge is 0.383 e. The van der Waals surface area contributed by atoms with Crippen molar-refractivity contribution in [3.05, 3.63) is 60.2 Å². The van der Waals surface area contributed by atoms with E-state index in [1.165, 1.54) is 16.7 Å². The van der Waals surface area contributed by atoms with Crippen molar-refractivity contribution in [3.63, 3.8) is 0 Å². The molecule has 0 N–H and O–H groups in total. The van der Waals surface area contributed by atoms with E-state index in [9.17, 15) is 4.79 Å². The van der Waals surface area contributed by atoms with Crippen LogP contribution in [-0.4, -0.2) is 61.3 Å². The number of hydrogen-bond donors (Lipinski definition) is 0. The first-order valence-corrected chi connectivity index (χ1v) is 10.4. The zero-order chi connectivity index (χ0) is 19.6. The predicted octanol–water partition coefficient (Wildman–Crippen LogP) is 4.11. The molecule has 1 heterocycles. The van der Waals surface area contributed by atoms with Crippen LogP contribution in [0.1, 0.15) is 12.0 Å². The first-order valence-electron chi connectivity index (χ1n) is 9.21. The number of rotatable bonds is 6. The maximum atomic E-state index is 11.7. The topological polar surface area (TPSA) is 32.8 Å². The zero-order valence-electron chi connectivity index (χ0n) is 16.7. The van der Waals surface area contributed by atoms with Crippen LogP contribution in [-0.2, 0) is 9.53 Å². The number of hydrogen-bond acceptors (Lipinski definition) is 4. The zero-order valence-corrected chi connectivity index (χ0v) is 17.5. The third kappa shape index (κ3) is 6.38. The van der Waals surface area contributed by atoms with Gasteiger partial charge in [-0.2, -0.15) is 0 Å². The minimum Gasteiger partial charge on any atom is -0.383 e. The van der Waals surface area contributed by atoms with Gasteiger partial charge < -0.3 is 9.64 Å². The van der Waals surface area contributed by atoms with Crippen molar-refractivity contribution in [2.24, 2.45) is 0 Å². The third-order valence-electron chi connectivity index (χ3n) is 4.72. The summed E-state index contributed by atoms with van der Waals surface area (Å²) in [5.74, 6) is 0.204. The highest BCUT2D eigenvalue weighted by atomic mass is 32.2. The van der Waals surface area contributed by atoms with Crippen molar-refractivity contribution < 1.29 is 9.53 Å². The summed E-state index contributed by atoms with van der Waals surface area (Å²) in [5, 5.41) is 0. The molecule has 4 nitrogen and oxygen atoms in total. The molecular formula is C22H30N2O2S. The van der Waals surface area contributed by atoms with E-state index in [1.54, 1.807) is 19.1 Å². The summed E-state index contributed by atoms with van der Waals surface area (Å²) in [5.41, 5.74) is 3.94. The Kier molecular flexibility index (Phi) is 8.85. The number of likely N-dealkylation sites (N-methyl/N-ethyl adjacent to an activating group) is 1. The van der Waals surface area contributed by atoms with Gasteiger partial charge in [0, 0.05) is 13.7 Å². The summed E-state index contributed by atoms with van der Waals surface area (Å²) >= 11 is 1.57. The molecule has 27 heavy (non-hydrogen) atoms. The summed E-state index contributed by atoms with van der Waals surface area (Å²) in [6, 6.07) is 19.2. The van der Waals surface area contributed by atoms with Crippen molar-refractivity contribution in [1.82, 2.24) is 9.21 Å². The van der Waals surface area contributed by atoms with Crippen molar-refractivity contribution in [1.29, 1.82) is 0 Å². The minimum absolute atomic E-state index is 0.204. The molecule has 2 aromatic carbocycles. The molecule has 0 radical (unpaired) electrons. The molecular weight excluding hydrogens is 356 g/mol. The van der Waals surface area contributed by atoms with Gasteiger partial charge in [0.2, 0.25) is 5.91 Å². The lowest BCUT2D eigenvalue weighted by Crippen LogP contribution is -2.55. The van der Waals surface area contributed by atoms with E-state index in [1.807, 2.05) is 28.6 Å². The predicted molar refractivity (Wildman–Crippen MR) is 115 cm³/mol. The monoisotopic (exact) mass is 386 g/mol. The number of benzene rings is 2. The third-order valence-corrected chi connectivity index (χ3v) is 5.48. The molecule has 1 aliphatic rings.